The molecule has 0 aliphatic heterocycles. The van der Waals surface area contributed by atoms with E-state index in [4.69, 9.17) is 9.84 Å². The Hall–Kier alpha value is -2.89. The third kappa shape index (κ3) is 5.88. The first-order valence-corrected chi connectivity index (χ1v) is 8.61. The van der Waals surface area contributed by atoms with Crippen LogP contribution < -0.4 is 10.1 Å². The molecule has 1 aromatic heterocycles. The molecule has 138 valence electrons. The fourth-order valence-corrected chi connectivity index (χ4v) is 2.46. The molecule has 0 radical (unpaired) electrons. The van der Waals surface area contributed by atoms with Crippen LogP contribution in [0.3, 0.4) is 0 Å². The van der Waals surface area contributed by atoms with Crippen LogP contribution in [-0.2, 0) is 6.42 Å². The monoisotopic (exact) mass is 356 g/mol. The van der Waals surface area contributed by atoms with Crippen LogP contribution in [-0.4, -0.2) is 34.1 Å². The molecule has 6 nitrogen and oxygen atoms in total. The van der Waals surface area contributed by atoms with Crippen molar-refractivity contribution in [1.29, 1.82) is 0 Å². The predicted molar refractivity (Wildman–Crippen MR) is 98.7 cm³/mol. The number of nitrogens with one attached hydrogen (secondary N) is 1. The summed E-state index contributed by atoms with van der Waals surface area (Å²) in [4.78, 5) is 26.9. The Morgan fingerprint density at radius 3 is 2.46 bits per heavy atom. The van der Waals surface area contributed by atoms with Gasteiger partial charge in [-0.25, -0.2) is 9.78 Å². The van der Waals surface area contributed by atoms with Crippen LogP contribution in [0.25, 0.3) is 0 Å². The van der Waals surface area contributed by atoms with E-state index in [1.807, 2.05) is 45.0 Å². The number of aromatic nitrogens is 1. The third-order valence-corrected chi connectivity index (χ3v) is 3.78. The molecule has 6 heteroatoms. The maximum atomic E-state index is 12.2. The van der Waals surface area contributed by atoms with Crippen LogP contribution in [0.4, 0.5) is 0 Å². The first-order chi connectivity index (χ1) is 12.3. The second-order valence-corrected chi connectivity index (χ2v) is 6.46. The topological polar surface area (TPSA) is 88.5 Å². The highest BCUT2D eigenvalue weighted by atomic mass is 16.5. The van der Waals surface area contributed by atoms with E-state index in [0.717, 1.165) is 18.6 Å². The smallest absolute Gasteiger partial charge is 0.354 e. The first kappa shape index (κ1) is 19.4. The minimum atomic E-state index is -1.16. The molecular formula is C20H24N2O4. The fourth-order valence-electron chi connectivity index (χ4n) is 2.46. The lowest BCUT2D eigenvalue weighted by molar-refractivity contribution is 0.0690. The molecule has 2 rings (SSSR count). The highest BCUT2D eigenvalue weighted by molar-refractivity contribution is 5.96. The van der Waals surface area contributed by atoms with Gasteiger partial charge in [-0.15, -0.1) is 0 Å². The zero-order chi connectivity index (χ0) is 19.1. The number of benzene rings is 1. The molecule has 2 aromatic rings. The Kier molecular flexibility index (Phi) is 6.72. The van der Waals surface area contributed by atoms with Crippen molar-refractivity contribution in [2.45, 2.75) is 45.8 Å². The highest BCUT2D eigenvalue weighted by Gasteiger charge is 2.13. The van der Waals surface area contributed by atoms with E-state index in [0.29, 0.717) is 5.56 Å². The Morgan fingerprint density at radius 2 is 1.85 bits per heavy atom. The van der Waals surface area contributed by atoms with Crippen molar-refractivity contribution < 1.29 is 19.4 Å². The molecule has 0 saturated heterocycles. The van der Waals surface area contributed by atoms with Crippen LogP contribution in [0.5, 0.6) is 5.75 Å². The summed E-state index contributed by atoms with van der Waals surface area (Å²) in [6.07, 6.45) is 3.06. The number of carbonyl (C=O) groups is 2. The Morgan fingerprint density at radius 1 is 1.15 bits per heavy atom. The molecule has 0 bridgehead atoms. The molecule has 0 spiro atoms. The summed E-state index contributed by atoms with van der Waals surface area (Å²) in [5.41, 5.74) is 1.31. The van der Waals surface area contributed by atoms with Gasteiger partial charge >= 0.3 is 5.97 Å². The maximum Gasteiger partial charge on any atom is 0.354 e. The quantitative estimate of drug-likeness (QED) is 0.757. The summed E-state index contributed by atoms with van der Waals surface area (Å²) >= 11 is 0. The van der Waals surface area contributed by atoms with Crippen molar-refractivity contribution in [3.63, 3.8) is 0 Å². The van der Waals surface area contributed by atoms with E-state index < -0.39 is 5.97 Å². The van der Waals surface area contributed by atoms with E-state index in [-0.39, 0.29) is 23.7 Å². The van der Waals surface area contributed by atoms with E-state index in [2.05, 4.69) is 10.3 Å². The van der Waals surface area contributed by atoms with Gasteiger partial charge in [-0.1, -0.05) is 12.1 Å². The van der Waals surface area contributed by atoms with E-state index >= 15 is 0 Å². The number of carbonyl (C=O) groups excluding carboxylic acids is 1. The van der Waals surface area contributed by atoms with Gasteiger partial charge in [0.05, 0.1) is 6.10 Å². The number of hydrogen-bond acceptors (Lipinski definition) is 4. The van der Waals surface area contributed by atoms with E-state index in [1.54, 1.807) is 0 Å². The number of pyridine rings is 1. The maximum absolute atomic E-state index is 12.2. The van der Waals surface area contributed by atoms with Gasteiger partial charge in [0.1, 0.15) is 11.4 Å². The van der Waals surface area contributed by atoms with Crippen LogP contribution in [0, 0.1) is 0 Å². The average molecular weight is 356 g/mol. The molecule has 1 amide bonds. The predicted octanol–water partition coefficient (Wildman–Crippen LogP) is 3.32. The molecule has 26 heavy (non-hydrogen) atoms. The molecule has 2 N–H and O–H groups in total. The lowest BCUT2D eigenvalue weighted by atomic mass is 10.1. The zero-order valence-electron chi connectivity index (χ0n) is 15.2. The third-order valence-electron chi connectivity index (χ3n) is 3.78. The normalized spacial score (nSPS) is 11.8. The average Bonchev–Trinajstić information content (AvgIpc) is 2.60. The van der Waals surface area contributed by atoms with Gasteiger partial charge in [0.25, 0.3) is 5.91 Å². The molecule has 1 heterocycles. The minimum Gasteiger partial charge on any atom is -0.491 e. The highest BCUT2D eigenvalue weighted by Crippen LogP contribution is 2.15. The van der Waals surface area contributed by atoms with Crippen molar-refractivity contribution in [3.8, 4) is 5.75 Å². The number of ether oxygens (including phenoxy) is 1. The van der Waals surface area contributed by atoms with Crippen molar-refractivity contribution in [2.24, 2.45) is 0 Å². The summed E-state index contributed by atoms with van der Waals surface area (Å²) in [6.45, 7) is 5.90. The number of carboxylic acid groups (broad SMARTS) is 1. The lowest BCUT2D eigenvalue weighted by Gasteiger charge is -2.14. The molecule has 1 atom stereocenters. The Balaban J connectivity index is 1.86. The fraction of sp³-hybridized carbons (Fsp3) is 0.350. The van der Waals surface area contributed by atoms with Crippen molar-refractivity contribution in [3.05, 3.63) is 59.4 Å². The van der Waals surface area contributed by atoms with Crippen LogP contribution >= 0.6 is 0 Å². The van der Waals surface area contributed by atoms with Gasteiger partial charge in [-0.05, 0) is 63.4 Å². The van der Waals surface area contributed by atoms with Gasteiger partial charge < -0.3 is 15.2 Å². The number of nitrogens with zero attached hydrogens (tertiary/aromatic N) is 1. The largest absolute Gasteiger partial charge is 0.491 e. The summed E-state index contributed by atoms with van der Waals surface area (Å²) in [6, 6.07) is 10.7. The second-order valence-electron chi connectivity index (χ2n) is 6.46. The summed E-state index contributed by atoms with van der Waals surface area (Å²) in [5.74, 6) is -0.613. The number of aryl methyl sites for hydroxylation is 1. The summed E-state index contributed by atoms with van der Waals surface area (Å²) in [5, 5.41) is 11.8. The molecular weight excluding hydrogens is 332 g/mol. The standard InChI is InChI=1S/C20H24N2O4/c1-13(2)26-17-8-6-15(7-9-17)5-4-14(3)22-19(23)16-10-11-21-18(12-16)20(24)25/h6-14H,4-5H2,1-3H3,(H,22,23)(H,24,25). The number of carboxylic acids is 1. The summed E-state index contributed by atoms with van der Waals surface area (Å²) < 4.78 is 5.62. The van der Waals surface area contributed by atoms with E-state index in [9.17, 15) is 9.59 Å². The van der Waals surface area contributed by atoms with Crippen LogP contribution in [0.1, 0.15) is 53.6 Å². The molecule has 1 aromatic carbocycles. The summed E-state index contributed by atoms with van der Waals surface area (Å²) in [7, 11) is 0. The van der Waals surface area contributed by atoms with Crippen molar-refractivity contribution in [1.82, 2.24) is 10.3 Å². The Labute approximate surface area is 153 Å². The van der Waals surface area contributed by atoms with Gasteiger partial charge in [-0.2, -0.15) is 0 Å². The molecule has 0 aliphatic carbocycles. The van der Waals surface area contributed by atoms with Crippen molar-refractivity contribution in [2.75, 3.05) is 0 Å². The van der Waals surface area contributed by atoms with Crippen molar-refractivity contribution >= 4 is 11.9 Å². The molecule has 0 aliphatic rings. The lowest BCUT2D eigenvalue weighted by Crippen LogP contribution is -2.33. The van der Waals surface area contributed by atoms with E-state index in [1.165, 1.54) is 23.9 Å². The SMILES string of the molecule is CC(CCc1ccc(OC(C)C)cc1)NC(=O)c1ccnc(C(=O)O)c1. The molecule has 0 fully saturated rings. The van der Waals surface area contributed by atoms with Gasteiger partial charge in [-0.3, -0.25) is 4.79 Å². The van der Waals surface area contributed by atoms with Crippen LogP contribution in [0.2, 0.25) is 0 Å². The zero-order valence-corrected chi connectivity index (χ0v) is 15.2. The molecule has 0 saturated carbocycles. The van der Waals surface area contributed by atoms with Crippen LogP contribution in [0.15, 0.2) is 42.6 Å². The number of rotatable bonds is 8. The number of amides is 1. The van der Waals surface area contributed by atoms with Gasteiger partial charge in [0.2, 0.25) is 0 Å². The number of hydrogen-bond donors (Lipinski definition) is 2. The van der Waals surface area contributed by atoms with Gasteiger partial charge in [0.15, 0.2) is 0 Å². The first-order valence-electron chi connectivity index (χ1n) is 8.61. The Bertz CT molecular complexity index is 757. The second kappa shape index (κ2) is 8.99. The molecule has 1 unspecified atom stereocenters. The van der Waals surface area contributed by atoms with Gasteiger partial charge in [0, 0.05) is 17.8 Å². The number of aromatic carboxylic acids is 1. The minimum absolute atomic E-state index is 0.0458.